The van der Waals surface area contributed by atoms with E-state index in [-0.39, 0.29) is 5.75 Å². The van der Waals surface area contributed by atoms with Gasteiger partial charge in [0.25, 0.3) is 0 Å². The van der Waals surface area contributed by atoms with Crippen LogP contribution in [0.3, 0.4) is 0 Å². The minimum Gasteiger partial charge on any atom is -0.609 e. The van der Waals surface area contributed by atoms with Crippen molar-refractivity contribution in [2.75, 3.05) is 25.1 Å². The number of halogens is 1. The molecule has 1 aromatic carbocycles. The van der Waals surface area contributed by atoms with Gasteiger partial charge in [-0.1, -0.05) is 11.6 Å². The molecule has 3 aromatic rings. The van der Waals surface area contributed by atoms with Crippen molar-refractivity contribution in [3.05, 3.63) is 41.2 Å². The number of fused-ring (bicyclic) bond motifs is 1. The lowest BCUT2D eigenvalue weighted by Gasteiger charge is -2.19. The van der Waals surface area contributed by atoms with Crippen LogP contribution in [-0.2, 0) is 16.9 Å². The molecule has 2 aromatic heterocycles. The number of nitrogens with zero attached hydrogens (tertiary/aromatic N) is 3. The smallest absolute Gasteiger partial charge is 0.322 e. The summed E-state index contributed by atoms with van der Waals surface area (Å²) in [6, 6.07) is 7.47. The molecule has 0 saturated carbocycles. The zero-order valence-corrected chi connectivity index (χ0v) is 15.9. The number of hydrogen-bond acceptors (Lipinski definition) is 5. The normalized spacial score (nSPS) is 15.6. The minimum absolute atomic E-state index is 0.287. The Hall–Kier alpha value is -1.96. The first-order valence-corrected chi connectivity index (χ1v) is 10.2. The van der Waals surface area contributed by atoms with E-state index < -0.39 is 11.2 Å². The second-order valence-electron chi connectivity index (χ2n) is 6.24. The zero-order chi connectivity index (χ0) is 18.1. The van der Waals surface area contributed by atoms with Gasteiger partial charge in [0, 0.05) is 36.5 Å². The molecule has 0 aliphatic carbocycles. The highest BCUT2D eigenvalue weighted by Gasteiger charge is 2.21. The molecule has 6 nitrogen and oxygen atoms in total. The van der Waals surface area contributed by atoms with Gasteiger partial charge in [-0.2, -0.15) is 4.98 Å². The first kappa shape index (κ1) is 17.5. The molecule has 1 aliphatic heterocycles. The lowest BCUT2D eigenvalue weighted by atomic mass is 10.3. The molecule has 26 heavy (non-hydrogen) atoms. The van der Waals surface area contributed by atoms with E-state index >= 15 is 0 Å². The maximum Gasteiger partial charge on any atom is 0.322 e. The third-order valence-electron chi connectivity index (χ3n) is 4.50. The Morgan fingerprint density at radius 3 is 2.88 bits per heavy atom. The Morgan fingerprint density at radius 2 is 2.12 bits per heavy atom. The van der Waals surface area contributed by atoms with Crippen molar-refractivity contribution in [2.24, 2.45) is 0 Å². The molecule has 1 N–H and O–H groups in total. The molecule has 3 heterocycles. The van der Waals surface area contributed by atoms with Crippen molar-refractivity contribution in [1.29, 1.82) is 0 Å². The molecule has 1 unspecified atom stereocenters. The van der Waals surface area contributed by atoms with Crippen LogP contribution in [-0.4, -0.2) is 39.7 Å². The van der Waals surface area contributed by atoms with Gasteiger partial charge in [-0.25, -0.2) is 0 Å². The molecule has 4 rings (SSSR count). The predicted molar refractivity (Wildman–Crippen MR) is 103 cm³/mol. The van der Waals surface area contributed by atoms with Crippen molar-refractivity contribution in [3.8, 4) is 5.75 Å². The van der Waals surface area contributed by atoms with Crippen LogP contribution in [0.5, 0.6) is 5.75 Å². The molecule has 1 aliphatic rings. The number of hydrogen-bond donors (Lipinski definition) is 1. The van der Waals surface area contributed by atoms with Gasteiger partial charge in [0.05, 0.1) is 34.5 Å². The largest absolute Gasteiger partial charge is 0.609 e. The quantitative estimate of drug-likeness (QED) is 0.674. The number of aromatic nitrogens is 3. The van der Waals surface area contributed by atoms with Crippen molar-refractivity contribution in [3.63, 3.8) is 0 Å². The second kappa shape index (κ2) is 7.34. The van der Waals surface area contributed by atoms with Crippen LogP contribution in [0.1, 0.15) is 18.5 Å². The van der Waals surface area contributed by atoms with Crippen molar-refractivity contribution in [2.45, 2.75) is 23.8 Å². The van der Waals surface area contributed by atoms with Crippen LogP contribution in [0.4, 0.5) is 5.69 Å². The lowest BCUT2D eigenvalue weighted by molar-refractivity contribution is 0.415. The predicted octanol–water partition coefficient (Wildman–Crippen LogP) is 3.53. The molecule has 0 bridgehead atoms. The molecular weight excluding hydrogens is 372 g/mol. The van der Waals surface area contributed by atoms with E-state index in [2.05, 4.69) is 19.9 Å². The highest BCUT2D eigenvalue weighted by Crippen LogP contribution is 2.30. The van der Waals surface area contributed by atoms with Gasteiger partial charge in [-0.3, -0.25) is 9.97 Å². The Bertz CT molecular complexity index is 927. The van der Waals surface area contributed by atoms with E-state index in [0.29, 0.717) is 10.2 Å². The SMILES string of the molecule is COc1ccc2[nH]c([S+]([O-])Cc3cc(N4CCCC4)c(Cl)cn3)nc2c1. The van der Waals surface area contributed by atoms with Gasteiger partial charge in [0.15, 0.2) is 5.75 Å². The fourth-order valence-corrected chi connectivity index (χ4v) is 4.36. The molecule has 1 fully saturated rings. The lowest BCUT2D eigenvalue weighted by Crippen LogP contribution is -2.19. The maximum atomic E-state index is 12.8. The van der Waals surface area contributed by atoms with E-state index in [1.54, 1.807) is 13.3 Å². The van der Waals surface area contributed by atoms with Gasteiger partial charge < -0.3 is 14.2 Å². The number of benzene rings is 1. The van der Waals surface area contributed by atoms with E-state index in [9.17, 15) is 4.55 Å². The maximum absolute atomic E-state index is 12.8. The van der Waals surface area contributed by atoms with E-state index in [4.69, 9.17) is 16.3 Å². The Morgan fingerprint density at radius 1 is 1.31 bits per heavy atom. The standard InChI is InChI=1S/C18H19ClN4O2S/c1-25-13-4-5-15-16(9-13)22-18(21-15)26(24)11-12-8-17(14(19)10-20-12)23-6-2-3-7-23/h4-5,8-10H,2-3,6-7,11H2,1H3,(H,21,22). The summed E-state index contributed by atoms with van der Waals surface area (Å²) in [4.78, 5) is 14.1. The molecular formula is C18H19ClN4O2S. The number of H-pyrrole nitrogens is 1. The summed E-state index contributed by atoms with van der Waals surface area (Å²) in [7, 11) is 1.61. The summed E-state index contributed by atoms with van der Waals surface area (Å²) in [5.41, 5.74) is 3.28. The third-order valence-corrected chi connectivity index (χ3v) is 5.98. The molecule has 1 saturated heterocycles. The van der Waals surface area contributed by atoms with Crippen molar-refractivity contribution < 1.29 is 9.29 Å². The van der Waals surface area contributed by atoms with Gasteiger partial charge in [0.2, 0.25) is 0 Å². The molecule has 8 heteroatoms. The molecule has 0 radical (unpaired) electrons. The molecule has 0 amide bonds. The first-order valence-electron chi connectivity index (χ1n) is 8.45. The van der Waals surface area contributed by atoms with Gasteiger partial charge >= 0.3 is 5.16 Å². The van der Waals surface area contributed by atoms with E-state index in [1.807, 2.05) is 24.3 Å². The topological polar surface area (TPSA) is 77.1 Å². The van der Waals surface area contributed by atoms with E-state index in [0.717, 1.165) is 41.3 Å². The summed E-state index contributed by atoms with van der Waals surface area (Å²) < 4.78 is 18.0. The summed E-state index contributed by atoms with van der Waals surface area (Å²) in [5.74, 6) is 1.01. The third kappa shape index (κ3) is 3.47. The number of rotatable bonds is 5. The summed E-state index contributed by atoms with van der Waals surface area (Å²) in [6.07, 6.45) is 3.98. The van der Waals surface area contributed by atoms with Crippen LogP contribution >= 0.6 is 11.6 Å². The van der Waals surface area contributed by atoms with Crippen molar-refractivity contribution in [1.82, 2.24) is 15.0 Å². The number of anilines is 1. The molecule has 136 valence electrons. The number of imidazole rings is 1. The summed E-state index contributed by atoms with van der Waals surface area (Å²) in [5, 5.41) is 1.07. The average molecular weight is 391 g/mol. The number of ether oxygens (including phenoxy) is 1. The number of pyridine rings is 1. The van der Waals surface area contributed by atoms with Crippen LogP contribution in [0.15, 0.2) is 35.6 Å². The van der Waals surface area contributed by atoms with Gasteiger partial charge in [0.1, 0.15) is 5.75 Å². The van der Waals surface area contributed by atoms with Crippen LogP contribution in [0.2, 0.25) is 5.02 Å². The summed E-state index contributed by atoms with van der Waals surface area (Å²) in [6.45, 7) is 2.00. The minimum atomic E-state index is -1.32. The first-order chi connectivity index (χ1) is 12.6. The number of aromatic amines is 1. The van der Waals surface area contributed by atoms with E-state index in [1.165, 1.54) is 12.8 Å². The Balaban J connectivity index is 1.56. The highest BCUT2D eigenvalue weighted by atomic mass is 35.5. The number of methoxy groups -OCH3 is 1. The van der Waals surface area contributed by atoms with Crippen LogP contribution in [0, 0.1) is 0 Å². The van der Waals surface area contributed by atoms with Gasteiger partial charge in [-0.15, -0.1) is 0 Å². The highest BCUT2D eigenvalue weighted by molar-refractivity contribution is 7.90. The van der Waals surface area contributed by atoms with Crippen LogP contribution < -0.4 is 9.64 Å². The van der Waals surface area contributed by atoms with Crippen molar-refractivity contribution >= 4 is 39.5 Å². The summed E-state index contributed by atoms with van der Waals surface area (Å²) >= 11 is 4.98. The van der Waals surface area contributed by atoms with Gasteiger partial charge in [-0.05, 0) is 31.0 Å². The molecule has 1 atom stereocenters. The molecule has 0 spiro atoms. The fraction of sp³-hybridized carbons (Fsp3) is 0.333. The number of nitrogens with one attached hydrogen (secondary N) is 1. The Labute approximate surface area is 159 Å². The fourth-order valence-electron chi connectivity index (χ4n) is 3.15. The Kier molecular flexibility index (Phi) is 4.93. The zero-order valence-electron chi connectivity index (χ0n) is 14.4. The monoisotopic (exact) mass is 390 g/mol. The van der Waals surface area contributed by atoms with Crippen LogP contribution in [0.25, 0.3) is 11.0 Å². The second-order valence-corrected chi connectivity index (χ2v) is 8.01. The average Bonchev–Trinajstić information content (AvgIpc) is 3.32.